The summed E-state index contributed by atoms with van der Waals surface area (Å²) in [6.45, 7) is 0.162. The molecule has 0 spiro atoms. The summed E-state index contributed by atoms with van der Waals surface area (Å²) in [5.41, 5.74) is 5.93. The Bertz CT molecular complexity index is 757. The summed E-state index contributed by atoms with van der Waals surface area (Å²) in [5.74, 6) is 1.35. The molecule has 1 aromatic heterocycles. The van der Waals surface area contributed by atoms with Crippen LogP contribution in [0.25, 0.3) is 0 Å². The standard InChI is InChI=1S/C18H20N2O5/c1-23-16-7-11(4-5-15(16)25-10-17(19)21)9-20-18(22)13-8-12(13)14-3-2-6-24-14/h2-7,12-13H,8-10H2,1H3,(H2,19,21)(H,20,22)/t12-,13+/m1/s1. The van der Waals surface area contributed by atoms with Crippen LogP contribution in [0.1, 0.15) is 23.7 Å². The van der Waals surface area contributed by atoms with Crippen molar-refractivity contribution < 1.29 is 23.5 Å². The number of nitrogens with two attached hydrogens (primary N) is 1. The molecule has 2 atom stereocenters. The molecule has 132 valence electrons. The summed E-state index contributed by atoms with van der Waals surface area (Å²) in [4.78, 5) is 23.0. The van der Waals surface area contributed by atoms with Gasteiger partial charge in [0.2, 0.25) is 5.91 Å². The van der Waals surface area contributed by atoms with Gasteiger partial charge in [0.25, 0.3) is 5.91 Å². The first kappa shape index (κ1) is 16.9. The highest BCUT2D eigenvalue weighted by atomic mass is 16.5. The minimum absolute atomic E-state index is 0.00872. The van der Waals surface area contributed by atoms with Crippen LogP contribution in [-0.2, 0) is 16.1 Å². The number of rotatable bonds is 8. The minimum Gasteiger partial charge on any atom is -0.493 e. The number of benzene rings is 1. The van der Waals surface area contributed by atoms with Crippen molar-refractivity contribution in [2.45, 2.75) is 18.9 Å². The lowest BCUT2D eigenvalue weighted by Gasteiger charge is -2.11. The zero-order chi connectivity index (χ0) is 17.8. The SMILES string of the molecule is COc1cc(CNC(=O)[C@H]2C[C@H]2c2ccco2)ccc1OCC(N)=O. The second kappa shape index (κ2) is 7.29. The fourth-order valence-electron chi connectivity index (χ4n) is 2.71. The number of carbonyl (C=O) groups is 2. The van der Waals surface area contributed by atoms with E-state index in [1.165, 1.54) is 7.11 Å². The second-order valence-corrected chi connectivity index (χ2v) is 5.92. The molecule has 0 saturated heterocycles. The van der Waals surface area contributed by atoms with Crippen molar-refractivity contribution in [3.8, 4) is 11.5 Å². The molecule has 1 aliphatic carbocycles. The number of amides is 2. The number of carbonyl (C=O) groups excluding carboxylic acids is 2. The molecule has 0 bridgehead atoms. The van der Waals surface area contributed by atoms with Crippen LogP contribution in [-0.4, -0.2) is 25.5 Å². The van der Waals surface area contributed by atoms with E-state index in [1.54, 1.807) is 24.5 Å². The van der Waals surface area contributed by atoms with Gasteiger partial charge in [-0.2, -0.15) is 0 Å². The zero-order valence-electron chi connectivity index (χ0n) is 13.9. The molecule has 1 aliphatic rings. The quantitative estimate of drug-likeness (QED) is 0.756. The van der Waals surface area contributed by atoms with Gasteiger partial charge < -0.3 is 24.9 Å². The lowest BCUT2D eigenvalue weighted by atomic mass is 10.2. The predicted octanol–water partition coefficient (Wildman–Crippen LogP) is 1.57. The fraction of sp³-hybridized carbons (Fsp3) is 0.333. The smallest absolute Gasteiger partial charge is 0.255 e. The molecule has 25 heavy (non-hydrogen) atoms. The predicted molar refractivity (Wildman–Crippen MR) is 89.1 cm³/mol. The summed E-state index contributed by atoms with van der Waals surface area (Å²) in [6, 6.07) is 8.97. The van der Waals surface area contributed by atoms with E-state index in [4.69, 9.17) is 19.6 Å². The van der Waals surface area contributed by atoms with Gasteiger partial charge >= 0.3 is 0 Å². The van der Waals surface area contributed by atoms with Crippen LogP contribution < -0.4 is 20.5 Å². The van der Waals surface area contributed by atoms with Gasteiger partial charge in [0, 0.05) is 18.4 Å². The first-order valence-electron chi connectivity index (χ1n) is 7.97. The Morgan fingerprint density at radius 2 is 2.16 bits per heavy atom. The Morgan fingerprint density at radius 1 is 1.32 bits per heavy atom. The van der Waals surface area contributed by atoms with Crippen LogP contribution in [0.3, 0.4) is 0 Å². The Hall–Kier alpha value is -2.96. The molecular formula is C18H20N2O5. The molecule has 7 nitrogen and oxygen atoms in total. The largest absolute Gasteiger partial charge is 0.493 e. The van der Waals surface area contributed by atoms with E-state index in [9.17, 15) is 9.59 Å². The number of nitrogens with one attached hydrogen (secondary N) is 1. The van der Waals surface area contributed by atoms with Gasteiger partial charge in [-0.15, -0.1) is 0 Å². The normalized spacial score (nSPS) is 18.4. The molecular weight excluding hydrogens is 324 g/mol. The third-order valence-electron chi connectivity index (χ3n) is 4.10. The van der Waals surface area contributed by atoms with E-state index >= 15 is 0 Å². The maximum absolute atomic E-state index is 12.2. The van der Waals surface area contributed by atoms with Gasteiger partial charge in [-0.1, -0.05) is 6.07 Å². The van der Waals surface area contributed by atoms with Crippen LogP contribution in [0.5, 0.6) is 11.5 Å². The summed E-state index contributed by atoms with van der Waals surface area (Å²) in [5, 5.41) is 2.92. The van der Waals surface area contributed by atoms with Gasteiger partial charge in [0.05, 0.1) is 13.4 Å². The van der Waals surface area contributed by atoms with Crippen molar-refractivity contribution in [2.75, 3.05) is 13.7 Å². The van der Waals surface area contributed by atoms with Crippen LogP contribution >= 0.6 is 0 Å². The van der Waals surface area contributed by atoms with E-state index in [1.807, 2.05) is 12.1 Å². The van der Waals surface area contributed by atoms with E-state index in [2.05, 4.69) is 5.32 Å². The number of hydrogen-bond acceptors (Lipinski definition) is 5. The Morgan fingerprint density at radius 3 is 2.84 bits per heavy atom. The molecule has 0 unspecified atom stereocenters. The van der Waals surface area contributed by atoms with Crippen LogP contribution in [0.2, 0.25) is 0 Å². The number of ether oxygens (including phenoxy) is 2. The summed E-state index contributed by atoms with van der Waals surface area (Å²) >= 11 is 0. The molecule has 1 aromatic carbocycles. The van der Waals surface area contributed by atoms with Crippen LogP contribution in [0.4, 0.5) is 0 Å². The van der Waals surface area contributed by atoms with E-state index in [-0.39, 0.29) is 24.3 Å². The molecule has 0 aliphatic heterocycles. The first-order chi connectivity index (χ1) is 12.1. The Labute approximate surface area is 145 Å². The summed E-state index contributed by atoms with van der Waals surface area (Å²) in [6.07, 6.45) is 2.43. The molecule has 7 heteroatoms. The van der Waals surface area contributed by atoms with E-state index < -0.39 is 5.91 Å². The molecule has 1 fully saturated rings. The zero-order valence-corrected chi connectivity index (χ0v) is 13.9. The molecule has 3 rings (SSSR count). The van der Waals surface area contributed by atoms with Gasteiger partial charge in [0.1, 0.15) is 5.76 Å². The van der Waals surface area contributed by atoms with Crippen molar-refractivity contribution in [3.05, 3.63) is 47.9 Å². The molecule has 3 N–H and O–H groups in total. The van der Waals surface area contributed by atoms with Gasteiger partial charge in [-0.3, -0.25) is 9.59 Å². The molecule has 2 amide bonds. The number of hydrogen-bond donors (Lipinski definition) is 2. The van der Waals surface area contributed by atoms with E-state index in [0.717, 1.165) is 17.7 Å². The van der Waals surface area contributed by atoms with Crippen molar-refractivity contribution in [2.24, 2.45) is 11.7 Å². The molecule has 1 saturated carbocycles. The van der Waals surface area contributed by atoms with Gasteiger partial charge in [-0.25, -0.2) is 0 Å². The van der Waals surface area contributed by atoms with Crippen molar-refractivity contribution in [3.63, 3.8) is 0 Å². The third kappa shape index (κ3) is 4.12. The lowest BCUT2D eigenvalue weighted by molar-refractivity contribution is -0.122. The van der Waals surface area contributed by atoms with Crippen molar-refractivity contribution in [1.82, 2.24) is 5.32 Å². The Kier molecular flexibility index (Phi) is 4.92. The highest BCUT2D eigenvalue weighted by Crippen LogP contribution is 2.47. The maximum atomic E-state index is 12.2. The van der Waals surface area contributed by atoms with E-state index in [0.29, 0.717) is 18.0 Å². The summed E-state index contributed by atoms with van der Waals surface area (Å²) < 4.78 is 15.9. The van der Waals surface area contributed by atoms with Crippen LogP contribution in [0, 0.1) is 5.92 Å². The third-order valence-corrected chi connectivity index (χ3v) is 4.10. The summed E-state index contributed by atoms with van der Waals surface area (Å²) in [7, 11) is 1.51. The molecule has 0 radical (unpaired) electrons. The Balaban J connectivity index is 1.54. The highest BCUT2D eigenvalue weighted by molar-refractivity contribution is 5.82. The monoisotopic (exact) mass is 344 g/mol. The number of methoxy groups -OCH3 is 1. The molecule has 1 heterocycles. The van der Waals surface area contributed by atoms with Gasteiger partial charge in [-0.05, 0) is 36.2 Å². The second-order valence-electron chi connectivity index (χ2n) is 5.92. The lowest BCUT2D eigenvalue weighted by Crippen LogP contribution is -2.25. The minimum atomic E-state index is -0.561. The fourth-order valence-corrected chi connectivity index (χ4v) is 2.71. The maximum Gasteiger partial charge on any atom is 0.255 e. The van der Waals surface area contributed by atoms with Crippen molar-refractivity contribution >= 4 is 11.8 Å². The van der Waals surface area contributed by atoms with Crippen molar-refractivity contribution in [1.29, 1.82) is 0 Å². The van der Waals surface area contributed by atoms with Crippen LogP contribution in [0.15, 0.2) is 41.0 Å². The first-order valence-corrected chi connectivity index (χ1v) is 7.97. The topological polar surface area (TPSA) is 104 Å². The highest BCUT2D eigenvalue weighted by Gasteiger charge is 2.45. The van der Waals surface area contributed by atoms with Gasteiger partial charge in [0.15, 0.2) is 18.1 Å². The number of primary amides is 1. The average Bonchev–Trinajstić information content (AvgIpc) is 3.23. The average molecular weight is 344 g/mol. The number of furan rings is 1. The molecule has 2 aromatic rings.